The van der Waals surface area contributed by atoms with E-state index in [9.17, 15) is 8.78 Å². The zero-order valence-corrected chi connectivity index (χ0v) is 16.4. The van der Waals surface area contributed by atoms with Crippen LogP contribution >= 0.6 is 0 Å². The van der Waals surface area contributed by atoms with Crippen LogP contribution in [0.5, 0.6) is 0 Å². The summed E-state index contributed by atoms with van der Waals surface area (Å²) in [7, 11) is 3.57. The predicted octanol–water partition coefficient (Wildman–Crippen LogP) is 4.20. The second kappa shape index (κ2) is 7.90. The lowest BCUT2D eigenvalue weighted by molar-refractivity contribution is 0.119. The fraction of sp³-hybridized carbons (Fsp3) is 0.700. The van der Waals surface area contributed by atoms with Crippen LogP contribution in [0.15, 0.2) is 34.9 Å². The number of halogens is 2. The first-order valence-corrected chi connectivity index (χ1v) is 9.31. The zero-order chi connectivity index (χ0) is 18.8. The van der Waals surface area contributed by atoms with Crippen molar-refractivity contribution in [3.8, 4) is 0 Å². The van der Waals surface area contributed by atoms with Gasteiger partial charge in [-0.2, -0.15) is 0 Å². The molecule has 0 fully saturated rings. The third-order valence-corrected chi connectivity index (χ3v) is 4.99. The van der Waals surface area contributed by atoms with Gasteiger partial charge in [0.2, 0.25) is 0 Å². The van der Waals surface area contributed by atoms with E-state index in [0.717, 1.165) is 25.7 Å². The molecule has 2 aliphatic rings. The number of likely N-dealkylation sites (N-methyl/N-ethyl adjacent to an activating group) is 2. The maximum Gasteiger partial charge on any atom is 0.143 e. The van der Waals surface area contributed by atoms with E-state index < -0.39 is 11.7 Å². The van der Waals surface area contributed by atoms with Crippen LogP contribution in [0.4, 0.5) is 8.78 Å². The molecule has 0 amide bonds. The monoisotopic (exact) mass is 353 g/mol. The highest BCUT2D eigenvalue weighted by Crippen LogP contribution is 2.35. The van der Waals surface area contributed by atoms with E-state index in [1.807, 2.05) is 7.05 Å². The van der Waals surface area contributed by atoms with Gasteiger partial charge in [-0.3, -0.25) is 0 Å². The van der Waals surface area contributed by atoms with E-state index in [-0.39, 0.29) is 11.9 Å². The number of hydrogen-bond donors (Lipinski definition) is 2. The smallest absolute Gasteiger partial charge is 0.143 e. The van der Waals surface area contributed by atoms with E-state index in [1.165, 1.54) is 17.5 Å². The minimum atomic E-state index is -1.45. The first-order chi connectivity index (χ1) is 11.6. The molecule has 1 aliphatic heterocycles. The SMILES string of the molecule is CNC(C1=CC(C(C)(C)F)N(C)C=C1F)C1=C(NC(C)C)CCCC1. The summed E-state index contributed by atoms with van der Waals surface area (Å²) < 4.78 is 29.4. The Morgan fingerprint density at radius 3 is 2.44 bits per heavy atom. The van der Waals surface area contributed by atoms with Crippen LogP contribution in [0.3, 0.4) is 0 Å². The van der Waals surface area contributed by atoms with Crippen molar-refractivity contribution in [3.63, 3.8) is 0 Å². The third-order valence-electron chi connectivity index (χ3n) is 4.99. The number of rotatable bonds is 6. The van der Waals surface area contributed by atoms with Gasteiger partial charge in [0.25, 0.3) is 0 Å². The topological polar surface area (TPSA) is 27.3 Å². The Labute approximate surface area is 151 Å². The second-order valence-electron chi connectivity index (χ2n) is 8.01. The maximum atomic E-state index is 14.8. The van der Waals surface area contributed by atoms with Gasteiger partial charge in [-0.15, -0.1) is 0 Å². The molecule has 2 N–H and O–H groups in total. The summed E-state index contributed by atoms with van der Waals surface area (Å²) in [5.41, 5.74) is 1.52. The Morgan fingerprint density at radius 2 is 1.88 bits per heavy atom. The predicted molar refractivity (Wildman–Crippen MR) is 101 cm³/mol. The Hall–Kier alpha value is -1.36. The minimum absolute atomic E-state index is 0.226. The summed E-state index contributed by atoms with van der Waals surface area (Å²) in [6.45, 7) is 7.31. The summed E-state index contributed by atoms with van der Waals surface area (Å²) in [4.78, 5) is 1.62. The molecule has 0 radical (unpaired) electrons. The van der Waals surface area contributed by atoms with Crippen LogP contribution in [0.1, 0.15) is 53.4 Å². The van der Waals surface area contributed by atoms with Crippen LogP contribution in [-0.2, 0) is 0 Å². The fourth-order valence-electron chi connectivity index (χ4n) is 3.90. The highest BCUT2D eigenvalue weighted by atomic mass is 19.1. The molecule has 0 saturated carbocycles. The van der Waals surface area contributed by atoms with Crippen LogP contribution in [-0.4, -0.2) is 42.8 Å². The Kier molecular flexibility index (Phi) is 6.30. The summed E-state index contributed by atoms with van der Waals surface area (Å²) in [5.74, 6) is -0.288. The number of nitrogens with one attached hydrogen (secondary N) is 2. The van der Waals surface area contributed by atoms with Gasteiger partial charge < -0.3 is 15.5 Å². The largest absolute Gasteiger partial charge is 0.386 e. The van der Waals surface area contributed by atoms with Crippen molar-refractivity contribution in [2.75, 3.05) is 14.1 Å². The third kappa shape index (κ3) is 4.63. The first kappa shape index (κ1) is 20.0. The summed E-state index contributed by atoms with van der Waals surface area (Å²) >= 11 is 0. The standard InChI is InChI=1S/C20H33F2N3/c1-13(2)24-17-10-8-7-9-14(17)19(23-5)15-11-18(20(3,4)22)25(6)12-16(15)21/h11-13,18-19,23-24H,7-10H2,1-6H3. The molecule has 0 aromatic carbocycles. The maximum absolute atomic E-state index is 14.8. The molecule has 0 spiro atoms. The molecule has 0 aromatic rings. The van der Waals surface area contributed by atoms with E-state index in [4.69, 9.17) is 0 Å². The van der Waals surface area contributed by atoms with Crippen molar-refractivity contribution in [3.05, 3.63) is 34.9 Å². The summed E-state index contributed by atoms with van der Waals surface area (Å²) in [6, 6.07) is -0.370. The van der Waals surface area contributed by atoms with Crippen LogP contribution in [0.2, 0.25) is 0 Å². The molecule has 0 bridgehead atoms. The first-order valence-electron chi connectivity index (χ1n) is 9.31. The van der Waals surface area contributed by atoms with E-state index >= 15 is 0 Å². The Bertz CT molecular complexity index is 570. The molecule has 0 saturated heterocycles. The molecule has 2 rings (SSSR count). The average molecular weight is 354 g/mol. The molecule has 3 nitrogen and oxygen atoms in total. The molecule has 142 valence electrons. The number of hydrogen-bond acceptors (Lipinski definition) is 3. The van der Waals surface area contributed by atoms with Crippen LogP contribution < -0.4 is 10.6 Å². The Balaban J connectivity index is 2.44. The number of nitrogens with zero attached hydrogens (tertiary/aromatic N) is 1. The van der Waals surface area contributed by atoms with Crippen molar-refractivity contribution in [2.24, 2.45) is 0 Å². The van der Waals surface area contributed by atoms with Crippen molar-refractivity contribution in [1.29, 1.82) is 0 Å². The molecule has 2 unspecified atom stereocenters. The quantitative estimate of drug-likeness (QED) is 0.749. The lowest BCUT2D eigenvalue weighted by atomic mass is 9.84. The van der Waals surface area contributed by atoms with Gasteiger partial charge >= 0.3 is 0 Å². The molecule has 0 aromatic heterocycles. The van der Waals surface area contributed by atoms with Gasteiger partial charge in [0.05, 0.1) is 12.1 Å². The average Bonchev–Trinajstić information content (AvgIpc) is 2.49. The summed E-state index contributed by atoms with van der Waals surface area (Å²) in [6.07, 6.45) is 7.35. The van der Waals surface area contributed by atoms with Crippen LogP contribution in [0.25, 0.3) is 0 Å². The normalized spacial score (nSPS) is 23.6. The summed E-state index contributed by atoms with van der Waals surface area (Å²) in [5, 5.41) is 6.81. The van der Waals surface area contributed by atoms with E-state index in [1.54, 1.807) is 31.9 Å². The van der Waals surface area contributed by atoms with Gasteiger partial charge in [-0.05, 0) is 66.0 Å². The lowest BCUT2D eigenvalue weighted by Crippen LogP contribution is -2.45. The lowest BCUT2D eigenvalue weighted by Gasteiger charge is -2.38. The van der Waals surface area contributed by atoms with Crippen molar-refractivity contribution >= 4 is 0 Å². The molecular weight excluding hydrogens is 320 g/mol. The second-order valence-corrected chi connectivity index (χ2v) is 8.01. The van der Waals surface area contributed by atoms with E-state index in [2.05, 4.69) is 24.5 Å². The van der Waals surface area contributed by atoms with Crippen LogP contribution in [0, 0.1) is 0 Å². The van der Waals surface area contributed by atoms with Gasteiger partial charge in [-0.1, -0.05) is 6.08 Å². The molecule has 1 heterocycles. The molecule has 5 heteroatoms. The zero-order valence-electron chi connectivity index (χ0n) is 16.4. The molecule has 25 heavy (non-hydrogen) atoms. The van der Waals surface area contributed by atoms with Gasteiger partial charge in [0.15, 0.2) is 0 Å². The molecule has 2 atom stereocenters. The highest BCUT2D eigenvalue weighted by molar-refractivity contribution is 5.43. The highest BCUT2D eigenvalue weighted by Gasteiger charge is 2.36. The Morgan fingerprint density at radius 1 is 1.24 bits per heavy atom. The van der Waals surface area contributed by atoms with Crippen molar-refractivity contribution in [1.82, 2.24) is 15.5 Å². The van der Waals surface area contributed by atoms with Gasteiger partial charge in [-0.25, -0.2) is 8.78 Å². The minimum Gasteiger partial charge on any atom is -0.386 e. The van der Waals surface area contributed by atoms with Gasteiger partial charge in [0, 0.05) is 30.6 Å². The van der Waals surface area contributed by atoms with Crippen molar-refractivity contribution in [2.45, 2.75) is 77.2 Å². The number of alkyl halides is 1. The fourth-order valence-corrected chi connectivity index (χ4v) is 3.90. The molecule has 1 aliphatic carbocycles. The van der Waals surface area contributed by atoms with Gasteiger partial charge in [0.1, 0.15) is 11.5 Å². The number of allylic oxidation sites excluding steroid dienone is 1. The van der Waals surface area contributed by atoms with Crippen molar-refractivity contribution < 1.29 is 8.78 Å². The van der Waals surface area contributed by atoms with E-state index in [0.29, 0.717) is 11.6 Å². The molecular formula is C20H33F2N3.